The van der Waals surface area contributed by atoms with Crippen molar-refractivity contribution in [1.82, 2.24) is 5.01 Å². The number of hydrazone groups is 1. The molecule has 1 aliphatic heterocycles. The summed E-state index contributed by atoms with van der Waals surface area (Å²) < 4.78 is 11.2. The Bertz CT molecular complexity index is 464. The van der Waals surface area contributed by atoms with Crippen LogP contribution in [0.15, 0.2) is 35.4 Å². The van der Waals surface area contributed by atoms with Crippen molar-refractivity contribution in [3.8, 4) is 0 Å². The van der Waals surface area contributed by atoms with Gasteiger partial charge in [-0.2, -0.15) is 5.10 Å². The fourth-order valence-electron chi connectivity index (χ4n) is 3.08. The van der Waals surface area contributed by atoms with E-state index < -0.39 is 0 Å². The standard InChI is InChI=1S/C20H32N2O2/c1-3-4-9-19(16-24-15-18-10-6-5-7-11-18)14-21-22-13-8-12-20(22)17-23-2/h5-7,10-11,14,19-20H,3-4,8-9,12-13,15-17H2,1-2H3/b21-14+/t19-,20+/m1/s1. The topological polar surface area (TPSA) is 34.1 Å². The van der Waals surface area contributed by atoms with Crippen molar-refractivity contribution in [3.05, 3.63) is 35.9 Å². The van der Waals surface area contributed by atoms with Crippen molar-refractivity contribution in [2.24, 2.45) is 11.0 Å². The molecule has 0 radical (unpaired) electrons. The molecular weight excluding hydrogens is 300 g/mol. The van der Waals surface area contributed by atoms with Crippen LogP contribution >= 0.6 is 0 Å². The Hall–Kier alpha value is -1.39. The zero-order chi connectivity index (χ0) is 17.0. The molecule has 2 atom stereocenters. The highest BCUT2D eigenvalue weighted by Crippen LogP contribution is 2.18. The summed E-state index contributed by atoms with van der Waals surface area (Å²) in [4.78, 5) is 0. The van der Waals surface area contributed by atoms with Gasteiger partial charge in [-0.1, -0.05) is 50.1 Å². The van der Waals surface area contributed by atoms with Gasteiger partial charge in [0.2, 0.25) is 0 Å². The number of methoxy groups -OCH3 is 1. The number of ether oxygens (including phenoxy) is 2. The van der Waals surface area contributed by atoms with Gasteiger partial charge in [0.25, 0.3) is 0 Å². The molecule has 2 rings (SSSR count). The lowest BCUT2D eigenvalue weighted by Gasteiger charge is -2.21. The molecule has 24 heavy (non-hydrogen) atoms. The lowest BCUT2D eigenvalue weighted by Crippen LogP contribution is -2.29. The average Bonchev–Trinajstić information content (AvgIpc) is 3.05. The van der Waals surface area contributed by atoms with Crippen molar-refractivity contribution in [3.63, 3.8) is 0 Å². The normalized spacial score (nSPS) is 19.2. The lowest BCUT2D eigenvalue weighted by molar-refractivity contribution is 0.1000. The number of benzene rings is 1. The summed E-state index contributed by atoms with van der Waals surface area (Å²) in [6.45, 7) is 5.44. The van der Waals surface area contributed by atoms with Gasteiger partial charge in [0.15, 0.2) is 0 Å². The second-order valence-electron chi connectivity index (χ2n) is 6.58. The number of nitrogens with zero attached hydrogens (tertiary/aromatic N) is 2. The smallest absolute Gasteiger partial charge is 0.0717 e. The summed E-state index contributed by atoms with van der Waals surface area (Å²) in [6.07, 6.45) is 8.04. The van der Waals surface area contributed by atoms with Crippen LogP contribution in [0.4, 0.5) is 0 Å². The molecule has 4 nitrogen and oxygen atoms in total. The third kappa shape index (κ3) is 6.62. The molecule has 1 aromatic carbocycles. The fourth-order valence-corrected chi connectivity index (χ4v) is 3.08. The molecule has 1 saturated heterocycles. The quantitative estimate of drug-likeness (QED) is 0.572. The fraction of sp³-hybridized carbons (Fsp3) is 0.650. The maximum absolute atomic E-state index is 5.93. The van der Waals surface area contributed by atoms with Crippen LogP contribution in [0.25, 0.3) is 0 Å². The van der Waals surface area contributed by atoms with Gasteiger partial charge in [-0.05, 0) is 24.8 Å². The van der Waals surface area contributed by atoms with Gasteiger partial charge in [-0.15, -0.1) is 0 Å². The Morgan fingerprint density at radius 2 is 2.17 bits per heavy atom. The highest BCUT2D eigenvalue weighted by molar-refractivity contribution is 5.60. The van der Waals surface area contributed by atoms with Crippen LogP contribution in [-0.4, -0.2) is 44.1 Å². The van der Waals surface area contributed by atoms with Crippen molar-refractivity contribution in [2.75, 3.05) is 26.9 Å². The molecule has 0 spiro atoms. The number of rotatable bonds is 11. The predicted molar refractivity (Wildman–Crippen MR) is 99.2 cm³/mol. The molecule has 134 valence electrons. The average molecular weight is 332 g/mol. The van der Waals surface area contributed by atoms with Gasteiger partial charge in [-0.3, -0.25) is 5.01 Å². The second kappa shape index (κ2) is 11.2. The minimum Gasteiger partial charge on any atom is -0.382 e. The summed E-state index contributed by atoms with van der Waals surface area (Å²) in [5, 5.41) is 6.94. The molecule has 1 aliphatic rings. The molecule has 0 saturated carbocycles. The molecule has 1 fully saturated rings. The molecule has 0 bridgehead atoms. The first-order valence-corrected chi connectivity index (χ1v) is 9.24. The minimum absolute atomic E-state index is 0.387. The van der Waals surface area contributed by atoms with E-state index in [1.165, 1.54) is 31.2 Å². The Morgan fingerprint density at radius 1 is 1.33 bits per heavy atom. The lowest BCUT2D eigenvalue weighted by atomic mass is 10.0. The summed E-state index contributed by atoms with van der Waals surface area (Å²) in [7, 11) is 1.77. The van der Waals surface area contributed by atoms with E-state index in [2.05, 4.69) is 42.4 Å². The van der Waals surface area contributed by atoms with E-state index in [1.807, 2.05) is 6.07 Å². The van der Waals surface area contributed by atoms with E-state index in [-0.39, 0.29) is 0 Å². The number of hydrogen-bond donors (Lipinski definition) is 0. The first kappa shape index (κ1) is 18.9. The van der Waals surface area contributed by atoms with Gasteiger partial charge in [0, 0.05) is 25.8 Å². The Balaban J connectivity index is 1.81. The van der Waals surface area contributed by atoms with Crippen molar-refractivity contribution in [2.45, 2.75) is 51.7 Å². The summed E-state index contributed by atoms with van der Waals surface area (Å²) in [6, 6.07) is 10.8. The predicted octanol–water partition coefficient (Wildman–Crippen LogP) is 4.11. The largest absolute Gasteiger partial charge is 0.382 e. The van der Waals surface area contributed by atoms with E-state index in [9.17, 15) is 0 Å². The van der Waals surface area contributed by atoms with Gasteiger partial charge >= 0.3 is 0 Å². The van der Waals surface area contributed by atoms with Crippen LogP contribution in [0.3, 0.4) is 0 Å². The van der Waals surface area contributed by atoms with E-state index in [0.717, 1.165) is 26.2 Å². The van der Waals surface area contributed by atoms with E-state index in [0.29, 0.717) is 18.6 Å². The van der Waals surface area contributed by atoms with Crippen LogP contribution in [0.5, 0.6) is 0 Å². The summed E-state index contributed by atoms with van der Waals surface area (Å²) in [5.74, 6) is 0.387. The van der Waals surface area contributed by atoms with Crippen molar-refractivity contribution in [1.29, 1.82) is 0 Å². The molecule has 0 amide bonds. The Morgan fingerprint density at radius 3 is 2.92 bits per heavy atom. The first-order chi connectivity index (χ1) is 11.8. The van der Waals surface area contributed by atoms with E-state index in [4.69, 9.17) is 14.6 Å². The van der Waals surface area contributed by atoms with Gasteiger partial charge in [0.1, 0.15) is 0 Å². The zero-order valence-corrected chi connectivity index (χ0v) is 15.2. The SMILES string of the molecule is CCCC[C@H](/C=N/N1CCC[C@H]1COC)COCc1ccccc1. The van der Waals surface area contributed by atoms with E-state index in [1.54, 1.807) is 7.11 Å². The molecule has 1 aromatic rings. The first-order valence-electron chi connectivity index (χ1n) is 9.24. The number of hydrogen-bond acceptors (Lipinski definition) is 4. The van der Waals surface area contributed by atoms with E-state index >= 15 is 0 Å². The zero-order valence-electron chi connectivity index (χ0n) is 15.2. The van der Waals surface area contributed by atoms with Crippen molar-refractivity contribution < 1.29 is 9.47 Å². The summed E-state index contributed by atoms with van der Waals surface area (Å²) in [5.41, 5.74) is 1.23. The monoisotopic (exact) mass is 332 g/mol. The number of unbranched alkanes of at least 4 members (excludes halogenated alkanes) is 1. The van der Waals surface area contributed by atoms with Crippen LogP contribution in [-0.2, 0) is 16.1 Å². The summed E-state index contributed by atoms with van der Waals surface area (Å²) >= 11 is 0. The second-order valence-corrected chi connectivity index (χ2v) is 6.58. The maximum atomic E-state index is 5.93. The molecule has 1 heterocycles. The molecule has 4 heteroatoms. The van der Waals surface area contributed by atoms with Gasteiger partial charge in [-0.25, -0.2) is 0 Å². The van der Waals surface area contributed by atoms with Crippen LogP contribution in [0, 0.1) is 5.92 Å². The Labute approximate surface area is 146 Å². The highest BCUT2D eigenvalue weighted by Gasteiger charge is 2.22. The highest BCUT2D eigenvalue weighted by atomic mass is 16.5. The molecular formula is C20H32N2O2. The minimum atomic E-state index is 0.387. The van der Waals surface area contributed by atoms with Gasteiger partial charge in [0.05, 0.1) is 25.9 Å². The van der Waals surface area contributed by atoms with Gasteiger partial charge < -0.3 is 9.47 Å². The Kier molecular flexibility index (Phi) is 8.85. The van der Waals surface area contributed by atoms with Crippen LogP contribution < -0.4 is 0 Å². The van der Waals surface area contributed by atoms with Crippen LogP contribution in [0.2, 0.25) is 0 Å². The molecule has 0 N–H and O–H groups in total. The molecule has 0 unspecified atom stereocenters. The van der Waals surface area contributed by atoms with Crippen molar-refractivity contribution >= 4 is 6.21 Å². The maximum Gasteiger partial charge on any atom is 0.0717 e. The van der Waals surface area contributed by atoms with Crippen LogP contribution in [0.1, 0.15) is 44.6 Å². The molecule has 0 aliphatic carbocycles. The molecule has 0 aromatic heterocycles. The third-order valence-electron chi connectivity index (χ3n) is 4.50. The third-order valence-corrected chi connectivity index (χ3v) is 4.50.